The fourth-order valence-electron chi connectivity index (χ4n) is 4.81. The van der Waals surface area contributed by atoms with E-state index < -0.39 is 11.3 Å². The number of amides is 3. The van der Waals surface area contributed by atoms with Gasteiger partial charge in [0.2, 0.25) is 11.8 Å². The molecule has 41 heavy (non-hydrogen) atoms. The zero-order valence-corrected chi connectivity index (χ0v) is 24.0. The van der Waals surface area contributed by atoms with Crippen molar-refractivity contribution in [3.63, 3.8) is 0 Å². The van der Waals surface area contributed by atoms with E-state index in [1.54, 1.807) is 0 Å². The maximum absolute atomic E-state index is 13.6. The Kier molecular flexibility index (Phi) is 8.94. The molecule has 9 heteroatoms. The van der Waals surface area contributed by atoms with Gasteiger partial charge in [0, 0.05) is 24.2 Å². The van der Waals surface area contributed by atoms with Gasteiger partial charge >= 0.3 is 0 Å². The molecular formula is C32H33N5O3S. The predicted octanol–water partition coefficient (Wildman–Crippen LogP) is 5.24. The lowest BCUT2D eigenvalue weighted by molar-refractivity contribution is -0.125. The maximum Gasteiger partial charge on any atom is 0.259 e. The summed E-state index contributed by atoms with van der Waals surface area (Å²) in [4.78, 5) is 50.4. The Morgan fingerprint density at radius 2 is 1.80 bits per heavy atom. The molecule has 3 amide bonds. The molecule has 2 aliphatic heterocycles. The van der Waals surface area contributed by atoms with E-state index >= 15 is 0 Å². The number of nitrogens with one attached hydrogen (secondary N) is 2. The number of fused-ring (bicyclic) bond motifs is 3. The SMILES string of the molecule is CC[C@H](SC1=Nc2ccccc2C2=N[C@H](CCC(=O)NCCc3ccccc3)C(=O)N12)C(=O)Nc1cccc(C)c1. The van der Waals surface area contributed by atoms with Crippen molar-refractivity contribution in [3.05, 3.63) is 95.6 Å². The molecule has 0 fully saturated rings. The smallest absolute Gasteiger partial charge is 0.259 e. The number of aliphatic imine (C=N–C) groups is 2. The van der Waals surface area contributed by atoms with Crippen LogP contribution in [0.1, 0.15) is 42.9 Å². The molecular weight excluding hydrogens is 534 g/mol. The first-order valence-corrected chi connectivity index (χ1v) is 14.8. The van der Waals surface area contributed by atoms with Crippen LogP contribution in [0.5, 0.6) is 0 Å². The third-order valence-electron chi connectivity index (χ3n) is 6.97. The lowest BCUT2D eigenvalue weighted by atomic mass is 10.1. The minimum Gasteiger partial charge on any atom is -0.356 e. The summed E-state index contributed by atoms with van der Waals surface area (Å²) in [5, 5.41) is 5.89. The monoisotopic (exact) mass is 567 g/mol. The Hall–Kier alpha value is -4.24. The summed E-state index contributed by atoms with van der Waals surface area (Å²) in [6, 6.07) is 24.5. The van der Waals surface area contributed by atoms with Gasteiger partial charge in [0.05, 0.1) is 10.9 Å². The highest BCUT2D eigenvalue weighted by Gasteiger charge is 2.42. The van der Waals surface area contributed by atoms with Crippen molar-refractivity contribution < 1.29 is 14.4 Å². The molecule has 5 rings (SSSR count). The zero-order chi connectivity index (χ0) is 28.8. The quantitative estimate of drug-likeness (QED) is 0.350. The van der Waals surface area contributed by atoms with Gasteiger partial charge < -0.3 is 10.6 Å². The van der Waals surface area contributed by atoms with Crippen molar-refractivity contribution in [1.29, 1.82) is 0 Å². The van der Waals surface area contributed by atoms with Crippen LogP contribution in [0.15, 0.2) is 88.8 Å². The highest BCUT2D eigenvalue weighted by molar-refractivity contribution is 8.15. The Balaban J connectivity index is 1.26. The van der Waals surface area contributed by atoms with Crippen LogP contribution in [-0.4, -0.2) is 51.5 Å². The maximum atomic E-state index is 13.6. The molecule has 2 N–H and O–H groups in total. The van der Waals surface area contributed by atoms with E-state index in [0.29, 0.717) is 36.1 Å². The van der Waals surface area contributed by atoms with Gasteiger partial charge in [0.15, 0.2) is 5.17 Å². The van der Waals surface area contributed by atoms with Gasteiger partial charge in [0.1, 0.15) is 11.9 Å². The number of amidine groups is 2. The van der Waals surface area contributed by atoms with Crippen LogP contribution in [0.3, 0.4) is 0 Å². The van der Waals surface area contributed by atoms with Crippen LogP contribution < -0.4 is 10.6 Å². The normalized spacial score (nSPS) is 16.3. The number of anilines is 1. The van der Waals surface area contributed by atoms with Crippen LogP contribution in [0.2, 0.25) is 0 Å². The second kappa shape index (κ2) is 13.0. The first-order valence-electron chi connectivity index (χ1n) is 13.9. The van der Waals surface area contributed by atoms with Gasteiger partial charge in [-0.2, -0.15) is 0 Å². The van der Waals surface area contributed by atoms with Crippen molar-refractivity contribution in [1.82, 2.24) is 10.2 Å². The number of benzene rings is 3. The summed E-state index contributed by atoms with van der Waals surface area (Å²) in [5.74, 6) is 0.0261. The summed E-state index contributed by atoms with van der Waals surface area (Å²) in [6.45, 7) is 4.44. The van der Waals surface area contributed by atoms with Gasteiger partial charge in [-0.05, 0) is 61.6 Å². The molecule has 3 aromatic carbocycles. The van der Waals surface area contributed by atoms with Crippen molar-refractivity contribution >= 4 is 51.9 Å². The highest BCUT2D eigenvalue weighted by atomic mass is 32.2. The number of thioether (sulfide) groups is 1. The van der Waals surface area contributed by atoms with E-state index in [2.05, 4.69) is 10.6 Å². The summed E-state index contributed by atoms with van der Waals surface area (Å²) in [7, 11) is 0. The lowest BCUT2D eigenvalue weighted by Gasteiger charge is -2.27. The van der Waals surface area contributed by atoms with E-state index in [0.717, 1.165) is 28.8 Å². The Bertz CT molecular complexity index is 1500. The average Bonchev–Trinajstić information content (AvgIpc) is 3.31. The van der Waals surface area contributed by atoms with E-state index in [1.807, 2.05) is 92.7 Å². The molecule has 3 aromatic rings. The molecule has 0 aromatic heterocycles. The van der Waals surface area contributed by atoms with Crippen LogP contribution in [0.4, 0.5) is 11.4 Å². The molecule has 8 nitrogen and oxygen atoms in total. The summed E-state index contributed by atoms with van der Waals surface area (Å²) >= 11 is 1.26. The van der Waals surface area contributed by atoms with Crippen LogP contribution in [0, 0.1) is 6.92 Å². The molecule has 0 spiro atoms. The topological polar surface area (TPSA) is 103 Å². The highest BCUT2D eigenvalue weighted by Crippen LogP contribution is 2.36. The third-order valence-corrected chi connectivity index (χ3v) is 8.28. The van der Waals surface area contributed by atoms with E-state index in [4.69, 9.17) is 9.98 Å². The third kappa shape index (κ3) is 6.74. The first-order chi connectivity index (χ1) is 19.9. The number of nitrogens with zero attached hydrogens (tertiary/aromatic N) is 3. The molecule has 0 saturated carbocycles. The summed E-state index contributed by atoms with van der Waals surface area (Å²) in [6.07, 6.45) is 1.77. The standard InChI is InChI=1S/C32H33N5O3S/c1-3-27(30(39)34-23-13-9-10-21(2)20-23)41-32-36-25-15-8-7-14-24(25)29-35-26(31(40)37(29)32)16-17-28(38)33-19-18-22-11-5-4-6-12-22/h4-15,20,26-27H,3,16-19H2,1-2H3,(H,33,38)(H,34,39)/t26-,27+/m1/s1. The predicted molar refractivity (Wildman–Crippen MR) is 165 cm³/mol. The molecule has 0 bridgehead atoms. The average molecular weight is 568 g/mol. The fourth-order valence-corrected chi connectivity index (χ4v) is 5.83. The number of para-hydroxylation sites is 1. The number of carbonyl (C=O) groups excluding carboxylic acids is 3. The second-order valence-corrected chi connectivity index (χ2v) is 11.2. The minimum atomic E-state index is -0.692. The zero-order valence-electron chi connectivity index (χ0n) is 23.2. The molecule has 2 atom stereocenters. The van der Waals surface area contributed by atoms with Gasteiger partial charge in [-0.3, -0.25) is 19.4 Å². The Morgan fingerprint density at radius 1 is 1.02 bits per heavy atom. The number of hydrogen-bond acceptors (Lipinski definition) is 6. The van der Waals surface area contributed by atoms with Crippen LogP contribution >= 0.6 is 11.8 Å². The Labute approximate surface area is 244 Å². The fraction of sp³-hybridized carbons (Fsp3) is 0.281. The van der Waals surface area contributed by atoms with Gasteiger partial charge in [-0.15, -0.1) is 0 Å². The van der Waals surface area contributed by atoms with Crippen LogP contribution in [-0.2, 0) is 20.8 Å². The Morgan fingerprint density at radius 3 is 2.59 bits per heavy atom. The molecule has 2 aliphatic rings. The molecule has 0 saturated heterocycles. The first kappa shape index (κ1) is 28.3. The van der Waals surface area contributed by atoms with Crippen LogP contribution in [0.25, 0.3) is 0 Å². The van der Waals surface area contributed by atoms with E-state index in [-0.39, 0.29) is 24.1 Å². The van der Waals surface area contributed by atoms with Crippen molar-refractivity contribution in [2.75, 3.05) is 11.9 Å². The molecule has 0 aliphatic carbocycles. The summed E-state index contributed by atoms with van der Waals surface area (Å²) < 4.78 is 0. The van der Waals surface area contributed by atoms with Gasteiger partial charge in [0.25, 0.3) is 5.91 Å². The molecule has 0 radical (unpaired) electrons. The number of aryl methyl sites for hydroxylation is 1. The van der Waals surface area contributed by atoms with Gasteiger partial charge in [-0.1, -0.05) is 73.3 Å². The molecule has 0 unspecified atom stereocenters. The van der Waals surface area contributed by atoms with Crippen molar-refractivity contribution in [2.45, 2.75) is 50.8 Å². The van der Waals surface area contributed by atoms with Crippen molar-refractivity contribution in [3.8, 4) is 0 Å². The van der Waals surface area contributed by atoms with Crippen molar-refractivity contribution in [2.24, 2.45) is 9.98 Å². The minimum absolute atomic E-state index is 0.110. The molecule has 2 heterocycles. The second-order valence-electron chi connectivity index (χ2n) is 10.1. The summed E-state index contributed by atoms with van der Waals surface area (Å²) in [5.41, 5.74) is 4.40. The number of rotatable bonds is 10. The van der Waals surface area contributed by atoms with E-state index in [1.165, 1.54) is 16.7 Å². The molecule has 210 valence electrons. The van der Waals surface area contributed by atoms with Gasteiger partial charge in [-0.25, -0.2) is 9.89 Å². The largest absolute Gasteiger partial charge is 0.356 e. The van der Waals surface area contributed by atoms with E-state index in [9.17, 15) is 14.4 Å². The number of hydrogen-bond donors (Lipinski definition) is 2. The lowest BCUT2D eigenvalue weighted by Crippen LogP contribution is -2.42. The number of carbonyl (C=O) groups is 3.